The van der Waals surface area contributed by atoms with Gasteiger partial charge in [-0.1, -0.05) is 47.6 Å². The molecule has 110 valence electrons. The van der Waals surface area contributed by atoms with Crippen LogP contribution in [0.4, 0.5) is 0 Å². The Morgan fingerprint density at radius 1 is 1.16 bits per heavy atom. The average molecular weight is 270 g/mol. The molecule has 0 amide bonds. The van der Waals surface area contributed by atoms with Gasteiger partial charge >= 0.3 is 11.9 Å². The monoisotopic (exact) mass is 270 g/mol. The Morgan fingerprint density at radius 3 is 2.11 bits per heavy atom. The van der Waals surface area contributed by atoms with Crippen LogP contribution < -0.4 is 0 Å². The first kappa shape index (κ1) is 17.7. The van der Waals surface area contributed by atoms with Gasteiger partial charge in [0.25, 0.3) is 0 Å². The Balaban J connectivity index is 4.28. The lowest BCUT2D eigenvalue weighted by atomic mass is 9.74. The number of hydrogen-bond donors (Lipinski definition) is 1. The number of esters is 1. The molecule has 1 N–H and O–H groups in total. The van der Waals surface area contributed by atoms with Gasteiger partial charge in [0, 0.05) is 5.57 Å². The molecule has 0 heterocycles. The Morgan fingerprint density at radius 2 is 1.68 bits per heavy atom. The van der Waals surface area contributed by atoms with Crippen molar-refractivity contribution in [3.8, 4) is 0 Å². The van der Waals surface area contributed by atoms with Gasteiger partial charge in [-0.2, -0.15) is 0 Å². The van der Waals surface area contributed by atoms with E-state index in [1.54, 1.807) is 0 Å². The maximum atomic E-state index is 11.5. The van der Waals surface area contributed by atoms with Crippen LogP contribution in [0.3, 0.4) is 0 Å². The van der Waals surface area contributed by atoms with Gasteiger partial charge in [0.2, 0.25) is 0 Å². The molecule has 0 atom stereocenters. The first-order valence-electron chi connectivity index (χ1n) is 6.56. The molecule has 0 fully saturated rings. The molecule has 0 radical (unpaired) electrons. The topological polar surface area (TPSA) is 63.6 Å². The standard InChI is InChI=1S/C15H26O4/c1-7-14(3,4)9-15(5,6)10-19-12(16)8-11(2)13(17)18/h2,7-10H2,1,3-6H3,(H,17,18). The minimum atomic E-state index is -1.16. The van der Waals surface area contributed by atoms with Crippen LogP contribution >= 0.6 is 0 Å². The number of hydrogen-bond acceptors (Lipinski definition) is 3. The summed E-state index contributed by atoms with van der Waals surface area (Å²) in [7, 11) is 0. The molecule has 0 unspecified atom stereocenters. The molecule has 0 aliphatic carbocycles. The fourth-order valence-corrected chi connectivity index (χ4v) is 2.05. The third-order valence-corrected chi connectivity index (χ3v) is 3.20. The Labute approximate surface area is 115 Å². The van der Waals surface area contributed by atoms with Crippen LogP contribution in [0, 0.1) is 10.8 Å². The van der Waals surface area contributed by atoms with Gasteiger partial charge in [-0.25, -0.2) is 4.79 Å². The van der Waals surface area contributed by atoms with Gasteiger partial charge in [0.15, 0.2) is 0 Å². The molecule has 0 spiro atoms. The zero-order chi connectivity index (χ0) is 15.3. The van der Waals surface area contributed by atoms with E-state index < -0.39 is 11.9 Å². The largest absolute Gasteiger partial charge is 0.478 e. The number of aliphatic carboxylic acids is 1. The molecule has 0 aromatic rings. The van der Waals surface area contributed by atoms with Crippen LogP contribution in [-0.2, 0) is 14.3 Å². The molecule has 4 heteroatoms. The van der Waals surface area contributed by atoms with Crippen molar-refractivity contribution in [1.82, 2.24) is 0 Å². The molecular weight excluding hydrogens is 244 g/mol. The zero-order valence-electron chi connectivity index (χ0n) is 12.7. The van der Waals surface area contributed by atoms with Crippen molar-refractivity contribution in [3.63, 3.8) is 0 Å². The van der Waals surface area contributed by atoms with Gasteiger partial charge in [-0.15, -0.1) is 0 Å². The van der Waals surface area contributed by atoms with E-state index in [-0.39, 0.29) is 22.8 Å². The summed E-state index contributed by atoms with van der Waals surface area (Å²) in [6.07, 6.45) is 1.73. The summed E-state index contributed by atoms with van der Waals surface area (Å²) in [5, 5.41) is 8.64. The summed E-state index contributed by atoms with van der Waals surface area (Å²) in [6.45, 7) is 14.2. The Hall–Kier alpha value is -1.32. The predicted molar refractivity (Wildman–Crippen MR) is 74.8 cm³/mol. The molecule has 0 aromatic heterocycles. The second-order valence-corrected chi connectivity index (χ2v) is 6.60. The Bertz CT molecular complexity index is 353. The SMILES string of the molecule is C=C(CC(=O)OCC(C)(C)CC(C)(C)CC)C(=O)O. The van der Waals surface area contributed by atoms with E-state index in [0.29, 0.717) is 6.61 Å². The minimum Gasteiger partial charge on any atom is -0.478 e. The van der Waals surface area contributed by atoms with Crippen molar-refractivity contribution < 1.29 is 19.4 Å². The molecule has 19 heavy (non-hydrogen) atoms. The average Bonchev–Trinajstić information content (AvgIpc) is 2.25. The van der Waals surface area contributed by atoms with Gasteiger partial charge in [0.05, 0.1) is 13.0 Å². The molecule has 0 saturated carbocycles. The molecule has 0 rings (SSSR count). The summed E-state index contributed by atoms with van der Waals surface area (Å²) in [4.78, 5) is 22.0. The van der Waals surface area contributed by atoms with Gasteiger partial charge in [-0.3, -0.25) is 4.79 Å². The predicted octanol–water partition coefficient (Wildman–Crippen LogP) is 3.41. The van der Waals surface area contributed by atoms with Gasteiger partial charge in [-0.05, 0) is 17.3 Å². The number of carbonyl (C=O) groups excluding carboxylic acids is 1. The highest BCUT2D eigenvalue weighted by Gasteiger charge is 2.29. The van der Waals surface area contributed by atoms with Crippen LogP contribution in [0.2, 0.25) is 0 Å². The van der Waals surface area contributed by atoms with Crippen molar-refractivity contribution in [2.45, 2.75) is 53.9 Å². The lowest BCUT2D eigenvalue weighted by Crippen LogP contribution is -2.28. The molecular formula is C15H26O4. The van der Waals surface area contributed by atoms with Crippen LogP contribution in [0.1, 0.15) is 53.9 Å². The highest BCUT2D eigenvalue weighted by atomic mass is 16.5. The number of carbonyl (C=O) groups is 2. The van der Waals surface area contributed by atoms with E-state index in [4.69, 9.17) is 9.84 Å². The maximum absolute atomic E-state index is 11.5. The Kier molecular flexibility index (Phi) is 6.27. The zero-order valence-corrected chi connectivity index (χ0v) is 12.7. The quantitative estimate of drug-likeness (QED) is 0.542. The number of carboxylic acids is 1. The minimum absolute atomic E-state index is 0.125. The molecule has 0 aliphatic heterocycles. The molecule has 0 saturated heterocycles. The number of ether oxygens (including phenoxy) is 1. The fraction of sp³-hybridized carbons (Fsp3) is 0.733. The van der Waals surface area contributed by atoms with Crippen LogP contribution in [0.15, 0.2) is 12.2 Å². The van der Waals surface area contributed by atoms with E-state index in [1.165, 1.54) is 0 Å². The molecule has 0 aromatic carbocycles. The van der Waals surface area contributed by atoms with Crippen molar-refractivity contribution in [2.24, 2.45) is 10.8 Å². The summed E-state index contributed by atoms with van der Waals surface area (Å²) in [6, 6.07) is 0. The number of carboxylic acid groups (broad SMARTS) is 1. The van der Waals surface area contributed by atoms with Gasteiger partial charge in [0.1, 0.15) is 0 Å². The van der Waals surface area contributed by atoms with Crippen LogP contribution in [-0.4, -0.2) is 23.7 Å². The van der Waals surface area contributed by atoms with Crippen molar-refractivity contribution in [2.75, 3.05) is 6.61 Å². The van der Waals surface area contributed by atoms with Gasteiger partial charge < -0.3 is 9.84 Å². The fourth-order valence-electron chi connectivity index (χ4n) is 2.05. The second kappa shape index (κ2) is 6.73. The van der Waals surface area contributed by atoms with E-state index in [2.05, 4.69) is 27.4 Å². The highest BCUT2D eigenvalue weighted by molar-refractivity contribution is 5.91. The molecule has 0 bridgehead atoms. The molecule has 4 nitrogen and oxygen atoms in total. The smallest absolute Gasteiger partial charge is 0.331 e. The summed E-state index contributed by atoms with van der Waals surface area (Å²) in [5.74, 6) is -1.70. The first-order valence-corrected chi connectivity index (χ1v) is 6.56. The second-order valence-electron chi connectivity index (χ2n) is 6.60. The maximum Gasteiger partial charge on any atom is 0.331 e. The highest BCUT2D eigenvalue weighted by Crippen LogP contribution is 2.36. The van der Waals surface area contributed by atoms with E-state index >= 15 is 0 Å². The number of rotatable bonds is 8. The third-order valence-electron chi connectivity index (χ3n) is 3.20. The summed E-state index contributed by atoms with van der Waals surface area (Å²) >= 11 is 0. The summed E-state index contributed by atoms with van der Waals surface area (Å²) < 4.78 is 5.15. The van der Waals surface area contributed by atoms with E-state index in [0.717, 1.165) is 12.8 Å². The lowest BCUT2D eigenvalue weighted by Gasteiger charge is -2.33. The van der Waals surface area contributed by atoms with E-state index in [1.807, 2.05) is 13.8 Å². The summed E-state index contributed by atoms with van der Waals surface area (Å²) in [5.41, 5.74) is -0.0722. The van der Waals surface area contributed by atoms with Crippen molar-refractivity contribution in [1.29, 1.82) is 0 Å². The van der Waals surface area contributed by atoms with Crippen LogP contribution in [0.25, 0.3) is 0 Å². The molecule has 0 aliphatic rings. The van der Waals surface area contributed by atoms with Crippen molar-refractivity contribution in [3.05, 3.63) is 12.2 Å². The van der Waals surface area contributed by atoms with E-state index in [9.17, 15) is 9.59 Å². The van der Waals surface area contributed by atoms with Crippen molar-refractivity contribution >= 4 is 11.9 Å². The van der Waals surface area contributed by atoms with Crippen LogP contribution in [0.5, 0.6) is 0 Å². The first-order chi connectivity index (χ1) is 8.49. The lowest BCUT2D eigenvalue weighted by molar-refractivity contribution is -0.148. The third kappa shape index (κ3) is 7.65. The normalized spacial score (nSPS) is 12.1.